The summed E-state index contributed by atoms with van der Waals surface area (Å²) in [5.74, 6) is 0. The third-order valence-electron chi connectivity index (χ3n) is 5.39. The van der Waals surface area contributed by atoms with Crippen molar-refractivity contribution in [2.45, 2.75) is 51.5 Å². The number of hydrogen-bond acceptors (Lipinski definition) is 4. The van der Waals surface area contributed by atoms with Crippen molar-refractivity contribution in [3.05, 3.63) is 62.0 Å². The Bertz CT molecular complexity index is 1020. The van der Waals surface area contributed by atoms with Gasteiger partial charge in [0.1, 0.15) is 0 Å². The smallest absolute Gasteiger partial charge is 0.259 e. The van der Waals surface area contributed by atoms with E-state index in [0.29, 0.717) is 6.54 Å². The van der Waals surface area contributed by atoms with E-state index in [4.69, 9.17) is 4.98 Å². The number of aryl methyl sites for hydroxylation is 4. The Morgan fingerprint density at radius 1 is 1.04 bits per heavy atom. The van der Waals surface area contributed by atoms with Gasteiger partial charge in [-0.05, 0) is 68.2 Å². The SMILES string of the molecule is O=c1cc(CNc2ccc3c(c2)CCC3)nc2sc3c(n12)CCCC3. The minimum absolute atomic E-state index is 0.0650. The van der Waals surface area contributed by atoms with Crippen molar-refractivity contribution in [2.75, 3.05) is 5.32 Å². The number of fused-ring (bicyclic) bond motifs is 4. The van der Waals surface area contributed by atoms with Crippen molar-refractivity contribution >= 4 is 22.0 Å². The third-order valence-corrected chi connectivity index (χ3v) is 6.53. The van der Waals surface area contributed by atoms with Crippen LogP contribution < -0.4 is 10.9 Å². The molecule has 2 aromatic heterocycles. The van der Waals surface area contributed by atoms with Crippen molar-refractivity contribution in [3.8, 4) is 0 Å². The second-order valence-electron chi connectivity index (χ2n) is 7.07. The van der Waals surface area contributed by atoms with Crippen LogP contribution in [0.15, 0.2) is 29.1 Å². The fraction of sp³-hybridized carbons (Fsp3) is 0.400. The molecule has 0 unspecified atom stereocenters. The molecule has 0 fully saturated rings. The number of thiazole rings is 1. The van der Waals surface area contributed by atoms with Gasteiger partial charge < -0.3 is 5.32 Å². The summed E-state index contributed by atoms with van der Waals surface area (Å²) in [5.41, 5.74) is 6.14. The molecular formula is C20H21N3OS. The number of anilines is 1. The maximum atomic E-state index is 12.6. The molecule has 0 atom stereocenters. The molecule has 128 valence electrons. The maximum absolute atomic E-state index is 12.6. The first-order chi connectivity index (χ1) is 12.3. The van der Waals surface area contributed by atoms with Crippen LogP contribution in [0.3, 0.4) is 0 Å². The van der Waals surface area contributed by atoms with Crippen LogP contribution in [0.25, 0.3) is 4.96 Å². The molecule has 0 saturated heterocycles. The molecule has 5 rings (SSSR count). The number of nitrogens with zero attached hydrogens (tertiary/aromatic N) is 2. The van der Waals surface area contributed by atoms with E-state index >= 15 is 0 Å². The molecule has 0 bridgehead atoms. The van der Waals surface area contributed by atoms with Crippen molar-refractivity contribution in [3.63, 3.8) is 0 Å². The van der Waals surface area contributed by atoms with E-state index < -0.39 is 0 Å². The quantitative estimate of drug-likeness (QED) is 0.782. The molecule has 0 saturated carbocycles. The van der Waals surface area contributed by atoms with Gasteiger partial charge in [-0.3, -0.25) is 9.20 Å². The molecule has 0 aliphatic heterocycles. The van der Waals surface area contributed by atoms with Crippen molar-refractivity contribution < 1.29 is 0 Å². The van der Waals surface area contributed by atoms with Gasteiger partial charge in [-0.15, -0.1) is 11.3 Å². The Balaban J connectivity index is 1.42. The van der Waals surface area contributed by atoms with Crippen LogP contribution in [0.2, 0.25) is 0 Å². The Labute approximate surface area is 150 Å². The third kappa shape index (κ3) is 2.67. The van der Waals surface area contributed by atoms with Gasteiger partial charge in [0.15, 0.2) is 4.96 Å². The molecule has 2 heterocycles. The van der Waals surface area contributed by atoms with E-state index in [1.807, 2.05) is 4.40 Å². The van der Waals surface area contributed by atoms with Crippen LogP contribution >= 0.6 is 11.3 Å². The summed E-state index contributed by atoms with van der Waals surface area (Å²) < 4.78 is 1.83. The van der Waals surface area contributed by atoms with Crippen molar-refractivity contribution in [1.82, 2.24) is 9.38 Å². The highest BCUT2D eigenvalue weighted by atomic mass is 32.1. The standard InChI is InChI=1S/C20H21N3OS/c24-19-11-16(12-21-15-9-8-13-4-3-5-14(13)10-15)22-20-23(19)17-6-1-2-7-18(17)25-20/h8-11,21H,1-7,12H2. The van der Waals surface area contributed by atoms with Crippen LogP contribution in [0.4, 0.5) is 5.69 Å². The van der Waals surface area contributed by atoms with E-state index in [-0.39, 0.29) is 5.56 Å². The Hall–Kier alpha value is -2.14. The van der Waals surface area contributed by atoms with Gasteiger partial charge in [-0.1, -0.05) is 6.07 Å². The molecule has 0 radical (unpaired) electrons. The fourth-order valence-corrected chi connectivity index (χ4v) is 5.34. The highest BCUT2D eigenvalue weighted by Gasteiger charge is 2.18. The number of hydrogen-bond donors (Lipinski definition) is 1. The summed E-state index contributed by atoms with van der Waals surface area (Å²) >= 11 is 1.69. The second-order valence-corrected chi connectivity index (χ2v) is 8.14. The topological polar surface area (TPSA) is 46.4 Å². The van der Waals surface area contributed by atoms with Gasteiger partial charge in [-0.2, -0.15) is 0 Å². The predicted octanol–water partition coefficient (Wildman–Crippen LogP) is 3.74. The molecule has 1 aromatic carbocycles. The van der Waals surface area contributed by atoms with Crippen LogP contribution in [0, 0.1) is 0 Å². The summed E-state index contributed by atoms with van der Waals surface area (Å²) in [6, 6.07) is 8.30. The molecule has 0 spiro atoms. The molecule has 5 heteroatoms. The Morgan fingerprint density at radius 2 is 1.92 bits per heavy atom. The molecule has 2 aliphatic rings. The van der Waals surface area contributed by atoms with Crippen molar-refractivity contribution in [1.29, 1.82) is 0 Å². The van der Waals surface area contributed by atoms with E-state index in [9.17, 15) is 4.79 Å². The number of nitrogens with one attached hydrogen (secondary N) is 1. The number of benzene rings is 1. The van der Waals surface area contributed by atoms with Crippen molar-refractivity contribution in [2.24, 2.45) is 0 Å². The lowest BCUT2D eigenvalue weighted by Crippen LogP contribution is -2.18. The van der Waals surface area contributed by atoms with Gasteiger partial charge in [-0.25, -0.2) is 4.98 Å². The second kappa shape index (κ2) is 5.99. The van der Waals surface area contributed by atoms with Crippen LogP contribution in [0.1, 0.15) is 46.7 Å². The molecule has 2 aliphatic carbocycles. The Morgan fingerprint density at radius 3 is 2.88 bits per heavy atom. The van der Waals surface area contributed by atoms with E-state index in [0.717, 1.165) is 29.2 Å². The van der Waals surface area contributed by atoms with E-state index in [2.05, 4.69) is 23.5 Å². The first-order valence-electron chi connectivity index (χ1n) is 9.17. The molecule has 4 nitrogen and oxygen atoms in total. The number of rotatable bonds is 3. The zero-order valence-corrected chi connectivity index (χ0v) is 15.0. The molecule has 1 N–H and O–H groups in total. The highest BCUT2D eigenvalue weighted by molar-refractivity contribution is 7.17. The van der Waals surface area contributed by atoms with Gasteiger partial charge in [0.25, 0.3) is 5.56 Å². The number of aromatic nitrogens is 2. The average Bonchev–Trinajstić information content (AvgIpc) is 3.23. The van der Waals surface area contributed by atoms with Crippen LogP contribution in [0.5, 0.6) is 0 Å². The largest absolute Gasteiger partial charge is 0.379 e. The highest BCUT2D eigenvalue weighted by Crippen LogP contribution is 2.28. The summed E-state index contributed by atoms with van der Waals surface area (Å²) in [6.45, 7) is 0.590. The van der Waals surface area contributed by atoms with Crippen LogP contribution in [-0.4, -0.2) is 9.38 Å². The van der Waals surface area contributed by atoms with Gasteiger partial charge in [0.2, 0.25) is 0 Å². The molecule has 0 amide bonds. The molecular weight excluding hydrogens is 330 g/mol. The predicted molar refractivity (Wildman–Crippen MR) is 102 cm³/mol. The van der Waals surface area contributed by atoms with E-state index in [1.165, 1.54) is 53.8 Å². The summed E-state index contributed by atoms with van der Waals surface area (Å²) in [4.78, 5) is 19.5. The minimum atomic E-state index is 0.0650. The zero-order valence-electron chi connectivity index (χ0n) is 14.2. The first kappa shape index (κ1) is 15.1. The van der Waals surface area contributed by atoms with E-state index in [1.54, 1.807) is 17.4 Å². The zero-order chi connectivity index (χ0) is 16.8. The molecule has 3 aromatic rings. The summed E-state index contributed by atoms with van der Waals surface area (Å²) in [5, 5.41) is 3.44. The lowest BCUT2D eigenvalue weighted by atomic mass is 10.0. The monoisotopic (exact) mass is 351 g/mol. The van der Waals surface area contributed by atoms with Gasteiger partial charge in [0, 0.05) is 22.3 Å². The lowest BCUT2D eigenvalue weighted by molar-refractivity contribution is 0.670. The fourth-order valence-electron chi connectivity index (χ4n) is 4.11. The van der Waals surface area contributed by atoms with Gasteiger partial charge in [0.05, 0.1) is 12.2 Å². The van der Waals surface area contributed by atoms with Crippen LogP contribution in [-0.2, 0) is 32.2 Å². The molecule has 25 heavy (non-hydrogen) atoms. The van der Waals surface area contributed by atoms with Gasteiger partial charge >= 0.3 is 0 Å². The summed E-state index contributed by atoms with van der Waals surface area (Å²) in [6.07, 6.45) is 8.13. The maximum Gasteiger partial charge on any atom is 0.259 e. The minimum Gasteiger partial charge on any atom is -0.379 e. The summed E-state index contributed by atoms with van der Waals surface area (Å²) in [7, 11) is 0. The first-order valence-corrected chi connectivity index (χ1v) is 9.98. The average molecular weight is 351 g/mol. The lowest BCUT2D eigenvalue weighted by Gasteiger charge is -2.10. The Kier molecular flexibility index (Phi) is 3.63. The normalized spacial score (nSPS) is 16.0.